The first-order chi connectivity index (χ1) is 8.67. The molecule has 96 valence electrons. The van der Waals surface area contributed by atoms with Crippen LogP contribution >= 0.6 is 11.6 Å². The lowest BCUT2D eigenvalue weighted by Crippen LogP contribution is -2.11. The van der Waals surface area contributed by atoms with Crippen LogP contribution in [0, 0.1) is 11.3 Å². The second kappa shape index (κ2) is 6.87. The van der Waals surface area contributed by atoms with Crippen LogP contribution in [0.25, 0.3) is 0 Å². The lowest BCUT2D eigenvalue weighted by molar-refractivity contribution is -0.142. The molecule has 0 heterocycles. The summed E-state index contributed by atoms with van der Waals surface area (Å²) < 4.78 is 10.1. The van der Waals surface area contributed by atoms with E-state index in [1.807, 2.05) is 6.07 Å². The number of hydrogen-bond acceptors (Lipinski definition) is 4. The largest absolute Gasteiger partial charge is 0.496 e. The molecule has 1 aromatic rings. The first-order valence-electron chi connectivity index (χ1n) is 5.48. The maximum atomic E-state index is 11.5. The molecule has 0 aromatic heterocycles. The minimum atomic E-state index is -0.381. The molecule has 0 saturated carbocycles. The molecule has 0 unspecified atom stereocenters. The number of carbonyl (C=O) groups excluding carboxylic acids is 1. The molecule has 0 N–H and O–H groups in total. The van der Waals surface area contributed by atoms with E-state index in [1.54, 1.807) is 19.1 Å². The number of ether oxygens (including phenoxy) is 2. The number of hydrogen-bond donors (Lipinski definition) is 0. The smallest absolute Gasteiger partial charge is 0.310 e. The number of methoxy groups -OCH3 is 1. The van der Waals surface area contributed by atoms with Gasteiger partial charge < -0.3 is 9.47 Å². The van der Waals surface area contributed by atoms with Gasteiger partial charge in [0.25, 0.3) is 0 Å². The molecular weight excluding hydrogens is 254 g/mol. The van der Waals surface area contributed by atoms with E-state index >= 15 is 0 Å². The van der Waals surface area contributed by atoms with Crippen molar-refractivity contribution in [3.05, 3.63) is 28.8 Å². The maximum absolute atomic E-state index is 11.5. The second-order valence-corrected chi connectivity index (χ2v) is 3.77. The Morgan fingerprint density at radius 3 is 2.67 bits per heavy atom. The van der Waals surface area contributed by atoms with Gasteiger partial charge in [0.1, 0.15) is 5.75 Å². The van der Waals surface area contributed by atoms with Crippen LogP contribution in [0.3, 0.4) is 0 Å². The highest BCUT2D eigenvalue weighted by Gasteiger charge is 2.16. The number of esters is 1. The lowest BCUT2D eigenvalue weighted by Gasteiger charge is -2.13. The summed E-state index contributed by atoms with van der Waals surface area (Å²) in [5.41, 5.74) is 1.65. The molecule has 0 radical (unpaired) electrons. The number of alkyl halides is 1. The zero-order valence-electron chi connectivity index (χ0n) is 10.3. The summed E-state index contributed by atoms with van der Waals surface area (Å²) in [6.07, 6.45) is 0.0238. The third-order valence-electron chi connectivity index (χ3n) is 2.49. The molecule has 1 aromatic carbocycles. The summed E-state index contributed by atoms with van der Waals surface area (Å²) in [6.45, 7) is 2.04. The Morgan fingerprint density at radius 2 is 2.17 bits per heavy atom. The maximum Gasteiger partial charge on any atom is 0.310 e. The predicted octanol–water partition coefficient (Wildman–Crippen LogP) is 2.41. The van der Waals surface area contributed by atoms with Crippen molar-refractivity contribution in [2.75, 3.05) is 13.7 Å². The van der Waals surface area contributed by atoms with Gasteiger partial charge in [-0.2, -0.15) is 5.26 Å². The fraction of sp³-hybridized carbons (Fsp3) is 0.385. The quantitative estimate of drug-likeness (QED) is 0.607. The van der Waals surface area contributed by atoms with E-state index in [0.29, 0.717) is 29.0 Å². The van der Waals surface area contributed by atoms with Gasteiger partial charge in [-0.1, -0.05) is 0 Å². The van der Waals surface area contributed by atoms with Crippen molar-refractivity contribution in [2.45, 2.75) is 19.2 Å². The summed E-state index contributed by atoms with van der Waals surface area (Å²) in [5, 5.41) is 9.06. The molecule has 0 spiro atoms. The van der Waals surface area contributed by atoms with Crippen molar-refractivity contribution in [1.29, 1.82) is 5.26 Å². The molecule has 1 rings (SSSR count). The first-order valence-corrected chi connectivity index (χ1v) is 6.01. The number of nitrogens with zero attached hydrogens (tertiary/aromatic N) is 1. The van der Waals surface area contributed by atoms with Crippen LogP contribution in [0.1, 0.15) is 23.6 Å². The molecule has 0 bridgehead atoms. The van der Waals surface area contributed by atoms with Gasteiger partial charge in [0, 0.05) is 5.56 Å². The Balaban J connectivity index is 3.20. The highest BCUT2D eigenvalue weighted by Crippen LogP contribution is 2.27. The molecule has 0 aliphatic rings. The van der Waals surface area contributed by atoms with E-state index < -0.39 is 0 Å². The second-order valence-electron chi connectivity index (χ2n) is 3.50. The van der Waals surface area contributed by atoms with Gasteiger partial charge in [0.05, 0.1) is 37.7 Å². The molecule has 0 atom stereocenters. The summed E-state index contributed by atoms with van der Waals surface area (Å²) in [5.74, 6) is 0.366. The molecule has 0 aliphatic carbocycles. The topological polar surface area (TPSA) is 59.3 Å². The van der Waals surface area contributed by atoms with Crippen LogP contribution in [0.15, 0.2) is 12.1 Å². The number of rotatable bonds is 5. The van der Waals surface area contributed by atoms with Crippen molar-refractivity contribution >= 4 is 17.6 Å². The Kier molecular flexibility index (Phi) is 5.47. The average Bonchev–Trinajstić information content (AvgIpc) is 2.38. The predicted molar refractivity (Wildman–Crippen MR) is 67.6 cm³/mol. The Bertz CT molecular complexity index is 480. The van der Waals surface area contributed by atoms with Crippen molar-refractivity contribution in [2.24, 2.45) is 0 Å². The van der Waals surface area contributed by atoms with Gasteiger partial charge in [-0.25, -0.2) is 0 Å². The fourth-order valence-corrected chi connectivity index (χ4v) is 1.97. The van der Waals surface area contributed by atoms with E-state index in [-0.39, 0.29) is 18.3 Å². The Morgan fingerprint density at radius 1 is 1.44 bits per heavy atom. The van der Waals surface area contributed by atoms with Crippen LogP contribution in [-0.4, -0.2) is 19.7 Å². The lowest BCUT2D eigenvalue weighted by atomic mass is 9.99. The molecule has 0 fully saturated rings. The fourth-order valence-electron chi connectivity index (χ4n) is 1.67. The SMILES string of the molecule is CCOC(=O)Cc1c(C#N)ccc(OC)c1CCl. The van der Waals surface area contributed by atoms with Crippen molar-refractivity contribution < 1.29 is 14.3 Å². The highest BCUT2D eigenvalue weighted by molar-refractivity contribution is 6.17. The zero-order chi connectivity index (χ0) is 13.5. The zero-order valence-corrected chi connectivity index (χ0v) is 11.1. The number of halogens is 1. The van der Waals surface area contributed by atoms with Gasteiger partial charge in [0.15, 0.2) is 0 Å². The summed E-state index contributed by atoms with van der Waals surface area (Å²) in [4.78, 5) is 11.5. The molecule has 5 heteroatoms. The number of carbonyl (C=O) groups is 1. The van der Waals surface area contributed by atoms with E-state index in [2.05, 4.69) is 0 Å². The monoisotopic (exact) mass is 267 g/mol. The standard InChI is InChI=1S/C13H14ClNO3/c1-3-18-13(16)6-10-9(8-15)4-5-12(17-2)11(10)7-14/h4-5H,3,6-7H2,1-2H3. The molecule has 0 aliphatic heterocycles. The minimum Gasteiger partial charge on any atom is -0.496 e. The van der Waals surface area contributed by atoms with Crippen molar-refractivity contribution in [3.63, 3.8) is 0 Å². The third kappa shape index (κ3) is 3.14. The van der Waals surface area contributed by atoms with Gasteiger partial charge in [-0.15, -0.1) is 11.6 Å². The van der Waals surface area contributed by atoms with E-state index in [9.17, 15) is 4.79 Å². The Hall–Kier alpha value is -1.73. The van der Waals surface area contributed by atoms with Gasteiger partial charge >= 0.3 is 5.97 Å². The van der Waals surface area contributed by atoms with Crippen LogP contribution < -0.4 is 4.74 Å². The van der Waals surface area contributed by atoms with Crippen LogP contribution in [0.2, 0.25) is 0 Å². The summed E-state index contributed by atoms with van der Waals surface area (Å²) in [6, 6.07) is 5.33. The Labute approximate surface area is 111 Å². The number of benzene rings is 1. The van der Waals surface area contributed by atoms with Crippen molar-refractivity contribution in [1.82, 2.24) is 0 Å². The molecule has 18 heavy (non-hydrogen) atoms. The van der Waals surface area contributed by atoms with E-state index in [0.717, 1.165) is 0 Å². The molecule has 0 saturated heterocycles. The van der Waals surface area contributed by atoms with Crippen LogP contribution in [0.5, 0.6) is 5.75 Å². The van der Waals surface area contributed by atoms with Gasteiger partial charge in [0.2, 0.25) is 0 Å². The average molecular weight is 268 g/mol. The molecule has 4 nitrogen and oxygen atoms in total. The minimum absolute atomic E-state index is 0.0238. The van der Waals surface area contributed by atoms with Crippen LogP contribution in [0.4, 0.5) is 0 Å². The van der Waals surface area contributed by atoms with Crippen molar-refractivity contribution in [3.8, 4) is 11.8 Å². The highest BCUT2D eigenvalue weighted by atomic mass is 35.5. The molecule has 0 amide bonds. The van der Waals surface area contributed by atoms with Gasteiger partial charge in [-0.3, -0.25) is 4.79 Å². The summed E-state index contributed by atoms with van der Waals surface area (Å²) in [7, 11) is 1.52. The normalized spacial score (nSPS) is 9.67. The van der Waals surface area contributed by atoms with Crippen LogP contribution in [-0.2, 0) is 21.8 Å². The summed E-state index contributed by atoms with van der Waals surface area (Å²) >= 11 is 5.86. The third-order valence-corrected chi connectivity index (χ3v) is 2.76. The molecular formula is C13H14ClNO3. The number of nitriles is 1. The van der Waals surface area contributed by atoms with Gasteiger partial charge in [-0.05, 0) is 24.6 Å². The van der Waals surface area contributed by atoms with E-state index in [4.69, 9.17) is 26.3 Å². The van der Waals surface area contributed by atoms with E-state index in [1.165, 1.54) is 7.11 Å². The first kappa shape index (κ1) is 14.3.